The Morgan fingerprint density at radius 1 is 1.15 bits per heavy atom. The maximum atomic E-state index is 12.5. The van der Waals surface area contributed by atoms with Gasteiger partial charge in [0.15, 0.2) is 0 Å². The van der Waals surface area contributed by atoms with E-state index in [0.717, 1.165) is 30.5 Å². The number of hydrogen-bond donors (Lipinski definition) is 5. The molecule has 0 atom stereocenters. The van der Waals surface area contributed by atoms with Crippen LogP contribution in [-0.2, 0) is 17.9 Å². The highest BCUT2D eigenvalue weighted by atomic mass is 19.4. The molecule has 0 fully saturated rings. The van der Waals surface area contributed by atoms with Crippen LogP contribution in [0.3, 0.4) is 0 Å². The molecule has 1 aromatic heterocycles. The predicted molar refractivity (Wildman–Crippen MR) is 138 cm³/mol. The fourth-order valence-electron chi connectivity index (χ4n) is 3.78. The zero-order valence-electron chi connectivity index (χ0n) is 21.0. The number of aliphatic hydroxyl groups is 1. The molecule has 6 N–H and O–H groups in total. The number of aromatic nitrogens is 2. The number of fused-ring (bicyclic) bond motifs is 1. The number of nitrogens with zero attached hydrogens (tertiary/aromatic N) is 2. The van der Waals surface area contributed by atoms with E-state index in [4.69, 9.17) is 25.9 Å². The number of benzene rings is 2. The third kappa shape index (κ3) is 8.99. The molecule has 0 saturated carbocycles. The van der Waals surface area contributed by atoms with Crippen molar-refractivity contribution in [2.45, 2.75) is 32.4 Å². The van der Waals surface area contributed by atoms with Gasteiger partial charge in [-0.15, -0.1) is 13.2 Å². The molecule has 2 aromatic carbocycles. The first-order valence-corrected chi connectivity index (χ1v) is 12.0. The third-order valence-electron chi connectivity index (χ3n) is 5.54. The summed E-state index contributed by atoms with van der Waals surface area (Å²) in [5.41, 5.74) is 8.05. The van der Waals surface area contributed by atoms with Crippen LogP contribution in [0, 0.1) is 16.7 Å². The van der Waals surface area contributed by atoms with E-state index in [0.29, 0.717) is 54.3 Å². The van der Waals surface area contributed by atoms with Gasteiger partial charge in [-0.25, -0.2) is 0 Å². The van der Waals surface area contributed by atoms with Crippen molar-refractivity contribution in [3.8, 4) is 17.6 Å². The minimum absolute atomic E-state index is 0.0773. The summed E-state index contributed by atoms with van der Waals surface area (Å²) in [4.78, 5) is 0. The van der Waals surface area contributed by atoms with Gasteiger partial charge < -0.3 is 35.8 Å². The van der Waals surface area contributed by atoms with E-state index in [2.05, 4.69) is 20.3 Å². The van der Waals surface area contributed by atoms with Crippen molar-refractivity contribution in [3.05, 3.63) is 58.9 Å². The summed E-state index contributed by atoms with van der Waals surface area (Å²) >= 11 is 0. The van der Waals surface area contributed by atoms with Gasteiger partial charge in [-0.05, 0) is 60.3 Å². The van der Waals surface area contributed by atoms with Crippen molar-refractivity contribution in [2.24, 2.45) is 5.73 Å². The first-order valence-electron chi connectivity index (χ1n) is 12.0. The van der Waals surface area contributed by atoms with E-state index in [1.807, 2.05) is 6.07 Å². The second-order valence-corrected chi connectivity index (χ2v) is 8.42. The topological polar surface area (TPSA) is 162 Å². The largest absolute Gasteiger partial charge is 0.573 e. The number of allylic oxidation sites excluding steroid dienone is 2. The van der Waals surface area contributed by atoms with Crippen LogP contribution in [-0.4, -0.2) is 54.2 Å². The van der Waals surface area contributed by atoms with Gasteiger partial charge >= 0.3 is 6.36 Å². The lowest BCUT2D eigenvalue weighted by Crippen LogP contribution is -2.18. The average Bonchev–Trinajstić information content (AvgIpc) is 3.38. The van der Waals surface area contributed by atoms with Crippen molar-refractivity contribution in [1.29, 1.82) is 10.7 Å². The van der Waals surface area contributed by atoms with Gasteiger partial charge in [0.2, 0.25) is 0 Å². The van der Waals surface area contributed by atoms with Gasteiger partial charge in [-0.3, -0.25) is 5.10 Å². The highest BCUT2D eigenvalue weighted by Crippen LogP contribution is 2.30. The van der Waals surface area contributed by atoms with Crippen molar-refractivity contribution >= 4 is 22.7 Å². The number of halogens is 3. The third-order valence-corrected chi connectivity index (χ3v) is 5.54. The van der Waals surface area contributed by atoms with Gasteiger partial charge in [0.1, 0.15) is 29.9 Å². The van der Waals surface area contributed by atoms with Gasteiger partial charge in [0, 0.05) is 24.9 Å². The summed E-state index contributed by atoms with van der Waals surface area (Å²) in [6.07, 6.45) is -0.622. The summed E-state index contributed by atoms with van der Waals surface area (Å²) in [5.74, 6) is 0.155. The van der Waals surface area contributed by atoms with Crippen molar-refractivity contribution in [3.63, 3.8) is 0 Å². The van der Waals surface area contributed by atoms with E-state index < -0.39 is 6.36 Å². The number of aliphatic hydroxyl groups excluding tert-OH is 1. The van der Waals surface area contributed by atoms with E-state index in [1.165, 1.54) is 6.07 Å². The molecule has 1 heterocycles. The molecule has 0 aliphatic heterocycles. The smallest absolute Gasteiger partial charge is 0.490 e. The normalized spacial score (nSPS) is 12.2. The molecule has 0 aliphatic carbocycles. The standard InChI is InChI=1S/C26H29F3N6O4/c27-26(28,29)39-20-8-17(7-18(9-20)16-36)14-33-3-1-2-4-37-5-6-38-25-11-19(21(12-30)23(32)13-31)10-24-22(25)15-34-35-24/h7-12,15,30,33,36H,1-6,14,16,32H2,(H,34,35)/b23-21+,30-12?. The fourth-order valence-corrected chi connectivity index (χ4v) is 3.78. The molecule has 0 radical (unpaired) electrons. The average molecular weight is 547 g/mol. The highest BCUT2D eigenvalue weighted by molar-refractivity contribution is 6.11. The van der Waals surface area contributed by atoms with Crippen LogP contribution in [0.5, 0.6) is 11.5 Å². The highest BCUT2D eigenvalue weighted by Gasteiger charge is 2.31. The zero-order chi connectivity index (χ0) is 28.3. The fraction of sp³-hybridized carbons (Fsp3) is 0.346. The molecule has 0 saturated heterocycles. The molecule has 3 rings (SSSR count). The van der Waals surface area contributed by atoms with Crippen LogP contribution in [0.1, 0.15) is 29.5 Å². The Bertz CT molecular complexity index is 1330. The predicted octanol–water partition coefficient (Wildman–Crippen LogP) is 3.76. The monoisotopic (exact) mass is 546 g/mol. The van der Waals surface area contributed by atoms with Crippen LogP contribution in [0.2, 0.25) is 0 Å². The Morgan fingerprint density at radius 2 is 1.95 bits per heavy atom. The van der Waals surface area contributed by atoms with Gasteiger partial charge in [0.25, 0.3) is 0 Å². The number of ether oxygens (including phenoxy) is 3. The number of alkyl halides is 3. The Hall–Kier alpha value is -4.12. The van der Waals surface area contributed by atoms with E-state index >= 15 is 0 Å². The van der Waals surface area contributed by atoms with E-state index in [1.54, 1.807) is 24.4 Å². The minimum Gasteiger partial charge on any atom is -0.490 e. The van der Waals surface area contributed by atoms with E-state index in [9.17, 15) is 18.3 Å². The molecule has 208 valence electrons. The lowest BCUT2D eigenvalue weighted by molar-refractivity contribution is -0.274. The molecule has 0 aliphatic rings. The molecule has 0 bridgehead atoms. The van der Waals surface area contributed by atoms with Gasteiger partial charge in [0.05, 0.1) is 30.3 Å². The molecule has 0 amide bonds. The van der Waals surface area contributed by atoms with Crippen LogP contribution < -0.4 is 20.5 Å². The molecular weight excluding hydrogens is 517 g/mol. The Kier molecular flexibility index (Phi) is 10.7. The summed E-state index contributed by atoms with van der Waals surface area (Å²) in [5, 5.41) is 36.7. The van der Waals surface area contributed by atoms with Crippen LogP contribution in [0.4, 0.5) is 13.2 Å². The number of nitrogens with two attached hydrogens (primary N) is 1. The van der Waals surface area contributed by atoms with Crippen LogP contribution in [0.25, 0.3) is 16.5 Å². The van der Waals surface area contributed by atoms with Crippen molar-refractivity contribution in [1.82, 2.24) is 15.5 Å². The molecule has 0 spiro atoms. The van der Waals surface area contributed by atoms with Crippen molar-refractivity contribution in [2.75, 3.05) is 26.4 Å². The molecule has 3 aromatic rings. The number of hydrogen-bond acceptors (Lipinski definition) is 9. The summed E-state index contributed by atoms with van der Waals surface area (Å²) in [6.45, 7) is 1.66. The zero-order valence-corrected chi connectivity index (χ0v) is 21.0. The summed E-state index contributed by atoms with van der Waals surface area (Å²) in [7, 11) is 0. The molecular formula is C26H29F3N6O4. The second-order valence-electron chi connectivity index (χ2n) is 8.42. The molecule has 13 heteroatoms. The molecule has 0 unspecified atom stereocenters. The SMILES string of the molecule is N#C/C(N)=C(/C=N)c1cc(OCCOCCCCNCc2cc(CO)cc(OC(F)(F)F)c2)c2cn[nH]c2c1. The molecule has 10 nitrogen and oxygen atoms in total. The van der Waals surface area contributed by atoms with Crippen LogP contribution in [0.15, 0.2) is 42.2 Å². The van der Waals surface area contributed by atoms with Gasteiger partial charge in [-0.2, -0.15) is 10.4 Å². The lowest BCUT2D eigenvalue weighted by atomic mass is 10.0. The number of nitrogens with one attached hydrogen (secondary N) is 3. The Morgan fingerprint density at radius 3 is 2.67 bits per heavy atom. The number of aromatic amines is 1. The maximum Gasteiger partial charge on any atom is 0.573 e. The number of unbranched alkanes of at least 4 members (excludes halogenated alkanes) is 1. The second kappa shape index (κ2) is 14.1. The van der Waals surface area contributed by atoms with Gasteiger partial charge in [-0.1, -0.05) is 6.07 Å². The van der Waals surface area contributed by atoms with E-state index in [-0.39, 0.29) is 30.2 Å². The lowest BCUT2D eigenvalue weighted by Gasteiger charge is -2.13. The Labute approximate surface area is 222 Å². The first kappa shape index (κ1) is 29.4. The van der Waals surface area contributed by atoms with Crippen LogP contribution >= 0.6 is 0 Å². The minimum atomic E-state index is -4.80. The quantitative estimate of drug-likeness (QED) is 0.109. The first-order chi connectivity index (χ1) is 18.7. The number of nitriles is 1. The summed E-state index contributed by atoms with van der Waals surface area (Å²) < 4.78 is 52.9. The number of H-pyrrole nitrogens is 1. The Balaban J connectivity index is 1.38. The van der Waals surface area contributed by atoms with Crippen molar-refractivity contribution < 1.29 is 32.5 Å². The summed E-state index contributed by atoms with van der Waals surface area (Å²) in [6, 6.07) is 9.34. The maximum absolute atomic E-state index is 12.5. The molecule has 39 heavy (non-hydrogen) atoms. The number of rotatable bonds is 15.